The molecule has 11 heteroatoms. The Morgan fingerprint density at radius 2 is 1.72 bits per heavy atom. The van der Waals surface area contributed by atoms with Gasteiger partial charge in [0, 0.05) is 19.6 Å². The van der Waals surface area contributed by atoms with E-state index in [4.69, 9.17) is 9.47 Å². The number of ether oxygens (including phenoxy) is 2. The Morgan fingerprint density at radius 3 is 2.41 bits per heavy atom. The van der Waals surface area contributed by atoms with Gasteiger partial charge in [0.15, 0.2) is 11.5 Å². The Labute approximate surface area is 169 Å². The Hall–Kier alpha value is -2.21. The number of halogens is 1. The van der Waals surface area contributed by atoms with Gasteiger partial charge in [0.05, 0.1) is 10.6 Å². The maximum absolute atomic E-state index is 13.0. The summed E-state index contributed by atoms with van der Waals surface area (Å²) in [6, 6.07) is 8.91. The number of nitrogens with zero attached hydrogens (tertiary/aromatic N) is 1. The normalized spacial score (nSPS) is 14.9. The Kier molecular flexibility index (Phi) is 6.13. The molecule has 0 radical (unpaired) electrons. The number of nitrogens with one attached hydrogen (secondary N) is 1. The predicted molar refractivity (Wildman–Crippen MR) is 104 cm³/mol. The molecule has 2 aromatic carbocycles. The fourth-order valence-electron chi connectivity index (χ4n) is 2.73. The van der Waals surface area contributed by atoms with E-state index in [0.29, 0.717) is 17.1 Å². The maximum atomic E-state index is 13.0. The first-order valence-electron chi connectivity index (χ1n) is 8.70. The molecule has 0 fully saturated rings. The van der Waals surface area contributed by atoms with Gasteiger partial charge in [-0.25, -0.2) is 25.9 Å². The van der Waals surface area contributed by atoms with Crippen molar-refractivity contribution in [3.05, 3.63) is 53.8 Å². The summed E-state index contributed by atoms with van der Waals surface area (Å²) in [4.78, 5) is -0.111. The molecule has 1 aliphatic heterocycles. The molecule has 1 aliphatic rings. The molecule has 1 N–H and O–H groups in total. The molecule has 0 spiro atoms. The molecule has 0 saturated heterocycles. The minimum Gasteiger partial charge on any atom is -0.454 e. The first-order valence-corrected chi connectivity index (χ1v) is 11.8. The third kappa shape index (κ3) is 5.04. The highest BCUT2D eigenvalue weighted by atomic mass is 32.2. The number of benzene rings is 2. The van der Waals surface area contributed by atoms with Crippen LogP contribution in [0.3, 0.4) is 0 Å². The van der Waals surface area contributed by atoms with Crippen LogP contribution in [-0.4, -0.2) is 47.3 Å². The van der Waals surface area contributed by atoms with E-state index in [-0.39, 0.29) is 18.2 Å². The summed E-state index contributed by atoms with van der Waals surface area (Å²) in [7, 11) is -6.42. The number of fused-ring (bicyclic) bond motifs is 1. The number of sulfonamides is 2. The molecule has 0 saturated carbocycles. The lowest BCUT2D eigenvalue weighted by Gasteiger charge is -2.19. The van der Waals surface area contributed by atoms with E-state index in [0.717, 1.165) is 28.6 Å². The molecule has 2 aromatic rings. The van der Waals surface area contributed by atoms with Crippen LogP contribution in [0.4, 0.5) is 4.39 Å². The van der Waals surface area contributed by atoms with Crippen molar-refractivity contribution < 1.29 is 30.7 Å². The quantitative estimate of drug-likeness (QED) is 0.667. The SMILES string of the molecule is CC(NS(=O)(=O)CCN(C)S(=O)(=O)c1ccc(F)cc1)c1ccc2c(c1)OCO2. The monoisotopic (exact) mass is 444 g/mol. The lowest BCUT2D eigenvalue weighted by Crippen LogP contribution is -2.36. The summed E-state index contributed by atoms with van der Waals surface area (Å²) in [5.41, 5.74) is 0.685. The average molecular weight is 445 g/mol. The second-order valence-corrected chi connectivity index (χ2v) is 10.5. The fraction of sp³-hybridized carbons (Fsp3) is 0.333. The van der Waals surface area contributed by atoms with E-state index >= 15 is 0 Å². The molecule has 8 nitrogen and oxygen atoms in total. The van der Waals surface area contributed by atoms with Gasteiger partial charge in [-0.15, -0.1) is 0 Å². The molecule has 1 unspecified atom stereocenters. The summed E-state index contributed by atoms with van der Waals surface area (Å²) in [5.74, 6) is 0.143. The molecule has 1 heterocycles. The Bertz CT molecular complexity index is 1090. The van der Waals surface area contributed by atoms with Crippen molar-refractivity contribution in [1.82, 2.24) is 9.03 Å². The van der Waals surface area contributed by atoms with E-state index in [1.54, 1.807) is 25.1 Å². The van der Waals surface area contributed by atoms with Crippen LogP contribution < -0.4 is 14.2 Å². The summed E-state index contributed by atoms with van der Waals surface area (Å²) in [5, 5.41) is 0. The predicted octanol–water partition coefficient (Wildman–Crippen LogP) is 1.86. The van der Waals surface area contributed by atoms with Gasteiger partial charge in [0.25, 0.3) is 0 Å². The Balaban J connectivity index is 1.62. The van der Waals surface area contributed by atoms with Crippen LogP contribution in [0.1, 0.15) is 18.5 Å². The largest absolute Gasteiger partial charge is 0.454 e. The van der Waals surface area contributed by atoms with Gasteiger partial charge >= 0.3 is 0 Å². The van der Waals surface area contributed by atoms with Crippen molar-refractivity contribution in [3.63, 3.8) is 0 Å². The van der Waals surface area contributed by atoms with Crippen molar-refractivity contribution in [2.45, 2.75) is 17.9 Å². The molecule has 1 atom stereocenters. The van der Waals surface area contributed by atoms with E-state index in [2.05, 4.69) is 4.72 Å². The van der Waals surface area contributed by atoms with Gasteiger partial charge in [-0.05, 0) is 48.9 Å². The summed E-state index contributed by atoms with van der Waals surface area (Å²) in [6.45, 7) is 1.53. The molecular weight excluding hydrogens is 423 g/mol. The van der Waals surface area contributed by atoms with Crippen molar-refractivity contribution in [3.8, 4) is 11.5 Å². The van der Waals surface area contributed by atoms with Crippen molar-refractivity contribution in [2.75, 3.05) is 26.1 Å². The third-order valence-electron chi connectivity index (χ3n) is 4.45. The molecule has 29 heavy (non-hydrogen) atoms. The van der Waals surface area contributed by atoms with Crippen molar-refractivity contribution in [2.24, 2.45) is 0 Å². The average Bonchev–Trinajstić information content (AvgIpc) is 3.14. The molecule has 158 valence electrons. The second kappa shape index (κ2) is 8.27. The topological polar surface area (TPSA) is 102 Å². The number of hydrogen-bond donors (Lipinski definition) is 1. The smallest absolute Gasteiger partial charge is 0.242 e. The van der Waals surface area contributed by atoms with E-state index in [1.807, 2.05) is 0 Å². The van der Waals surface area contributed by atoms with E-state index < -0.39 is 37.7 Å². The highest BCUT2D eigenvalue weighted by Gasteiger charge is 2.24. The van der Waals surface area contributed by atoms with Crippen molar-refractivity contribution in [1.29, 1.82) is 0 Å². The minimum atomic E-state index is -3.92. The van der Waals surface area contributed by atoms with Crippen LogP contribution in [0.5, 0.6) is 11.5 Å². The standard InChI is InChI=1S/C18H21FN2O6S2/c1-13(14-3-8-17-18(11-14)27-12-26-17)20-28(22,23)10-9-21(2)29(24,25)16-6-4-15(19)5-7-16/h3-8,11,13,20H,9-10,12H2,1-2H3. The molecule has 0 amide bonds. The van der Waals surface area contributed by atoms with E-state index in [9.17, 15) is 21.2 Å². The summed E-state index contributed by atoms with van der Waals surface area (Å²) >= 11 is 0. The zero-order chi connectivity index (χ0) is 21.2. The lowest BCUT2D eigenvalue weighted by atomic mass is 10.1. The van der Waals surface area contributed by atoms with Crippen molar-refractivity contribution >= 4 is 20.0 Å². The maximum Gasteiger partial charge on any atom is 0.242 e. The van der Waals surface area contributed by atoms with Crippen LogP contribution >= 0.6 is 0 Å². The highest BCUT2D eigenvalue weighted by molar-refractivity contribution is 7.90. The summed E-state index contributed by atoms with van der Waals surface area (Å²) < 4.78 is 76.8. The van der Waals surface area contributed by atoms with Gasteiger partial charge in [-0.2, -0.15) is 4.31 Å². The zero-order valence-electron chi connectivity index (χ0n) is 15.8. The first kappa shape index (κ1) is 21.5. The fourth-order valence-corrected chi connectivity index (χ4v) is 5.33. The molecule has 0 aromatic heterocycles. The third-order valence-corrected chi connectivity index (χ3v) is 7.75. The van der Waals surface area contributed by atoms with Gasteiger partial charge in [0.2, 0.25) is 26.8 Å². The van der Waals surface area contributed by atoms with Crippen LogP contribution in [-0.2, 0) is 20.0 Å². The van der Waals surface area contributed by atoms with Crippen LogP contribution in [0.15, 0.2) is 47.4 Å². The van der Waals surface area contributed by atoms with Crippen LogP contribution in [0.25, 0.3) is 0 Å². The minimum absolute atomic E-state index is 0.111. The number of rotatable bonds is 8. The van der Waals surface area contributed by atoms with Gasteiger partial charge in [-0.1, -0.05) is 6.07 Å². The molecular formula is C18H21FN2O6S2. The molecule has 0 bridgehead atoms. The van der Waals surface area contributed by atoms with Crippen LogP contribution in [0.2, 0.25) is 0 Å². The van der Waals surface area contributed by atoms with Gasteiger partial charge in [0.1, 0.15) is 5.82 Å². The Morgan fingerprint density at radius 1 is 1.07 bits per heavy atom. The lowest BCUT2D eigenvalue weighted by molar-refractivity contribution is 0.174. The van der Waals surface area contributed by atoms with Gasteiger partial charge in [-0.3, -0.25) is 0 Å². The molecule has 3 rings (SSSR count). The van der Waals surface area contributed by atoms with Crippen LogP contribution in [0, 0.1) is 5.82 Å². The zero-order valence-corrected chi connectivity index (χ0v) is 17.5. The number of hydrogen-bond acceptors (Lipinski definition) is 6. The highest BCUT2D eigenvalue weighted by Crippen LogP contribution is 2.34. The first-order chi connectivity index (χ1) is 13.6. The second-order valence-electron chi connectivity index (χ2n) is 6.55. The summed E-state index contributed by atoms with van der Waals surface area (Å²) in [6.07, 6.45) is 0. The molecule has 0 aliphatic carbocycles. The van der Waals surface area contributed by atoms with Gasteiger partial charge < -0.3 is 9.47 Å². The van der Waals surface area contributed by atoms with E-state index in [1.165, 1.54) is 7.05 Å².